The van der Waals surface area contributed by atoms with Crippen LogP contribution in [-0.2, 0) is 14.3 Å². The fourth-order valence-corrected chi connectivity index (χ4v) is 1.60. The van der Waals surface area contributed by atoms with Gasteiger partial charge in [0, 0.05) is 12.8 Å². The Bertz CT molecular complexity index is 414. The van der Waals surface area contributed by atoms with Crippen molar-refractivity contribution in [1.82, 2.24) is 0 Å². The van der Waals surface area contributed by atoms with Gasteiger partial charge in [-0.2, -0.15) is 0 Å². The molecule has 0 saturated carbocycles. The molecule has 0 heterocycles. The van der Waals surface area contributed by atoms with E-state index in [1.807, 2.05) is 19.1 Å². The highest BCUT2D eigenvalue weighted by atomic mass is 16.5. The smallest absolute Gasteiger partial charge is 0.303 e. The number of ether oxygens (including phenoxy) is 1. The lowest BCUT2D eigenvalue weighted by Gasteiger charge is -2.10. The van der Waals surface area contributed by atoms with Crippen LogP contribution in [0.1, 0.15) is 24.8 Å². The molecule has 1 unspecified atom stereocenters. The summed E-state index contributed by atoms with van der Waals surface area (Å²) in [5.41, 5.74) is 1.60. The lowest BCUT2D eigenvalue weighted by molar-refractivity contribution is -0.137. The van der Waals surface area contributed by atoms with Crippen molar-refractivity contribution in [3.05, 3.63) is 29.8 Å². The van der Waals surface area contributed by atoms with Crippen molar-refractivity contribution >= 4 is 17.6 Å². The van der Waals surface area contributed by atoms with E-state index in [-0.39, 0.29) is 24.9 Å². The molecule has 0 radical (unpaired) electrons. The summed E-state index contributed by atoms with van der Waals surface area (Å²) >= 11 is 0. The first kappa shape index (κ1) is 14.2. The maximum Gasteiger partial charge on any atom is 0.303 e. The van der Waals surface area contributed by atoms with Gasteiger partial charge in [0.15, 0.2) is 0 Å². The SMILES string of the molecule is COCC(=O)Nc1ccc(C(C)CC(=O)O)cc1. The fourth-order valence-electron chi connectivity index (χ4n) is 1.60. The third-order valence-electron chi connectivity index (χ3n) is 2.52. The highest BCUT2D eigenvalue weighted by Crippen LogP contribution is 2.20. The minimum Gasteiger partial charge on any atom is -0.481 e. The van der Waals surface area contributed by atoms with Crippen molar-refractivity contribution in [2.24, 2.45) is 0 Å². The molecule has 0 bridgehead atoms. The van der Waals surface area contributed by atoms with Gasteiger partial charge in [-0.1, -0.05) is 19.1 Å². The van der Waals surface area contributed by atoms with Crippen molar-refractivity contribution in [1.29, 1.82) is 0 Å². The van der Waals surface area contributed by atoms with Crippen LogP contribution in [0.5, 0.6) is 0 Å². The summed E-state index contributed by atoms with van der Waals surface area (Å²) in [6, 6.07) is 7.13. The highest BCUT2D eigenvalue weighted by molar-refractivity contribution is 5.91. The van der Waals surface area contributed by atoms with Crippen LogP contribution < -0.4 is 5.32 Å². The van der Waals surface area contributed by atoms with Crippen molar-refractivity contribution in [3.8, 4) is 0 Å². The number of benzene rings is 1. The normalized spacial score (nSPS) is 11.9. The number of hydrogen-bond donors (Lipinski definition) is 2. The summed E-state index contributed by atoms with van der Waals surface area (Å²) in [6.07, 6.45) is 0.0926. The average Bonchev–Trinajstić information content (AvgIpc) is 2.29. The summed E-state index contributed by atoms with van der Waals surface area (Å²) in [7, 11) is 1.45. The van der Waals surface area contributed by atoms with Crippen LogP contribution in [0.4, 0.5) is 5.69 Å². The Kier molecular flexibility index (Phi) is 5.32. The molecule has 5 heteroatoms. The largest absolute Gasteiger partial charge is 0.481 e. The predicted octanol–water partition coefficient (Wildman–Crippen LogP) is 1.85. The second kappa shape index (κ2) is 6.76. The van der Waals surface area contributed by atoms with Crippen LogP contribution in [0, 0.1) is 0 Å². The van der Waals surface area contributed by atoms with Gasteiger partial charge < -0.3 is 15.2 Å². The number of carbonyl (C=O) groups excluding carboxylic acids is 1. The first-order valence-corrected chi connectivity index (χ1v) is 5.63. The molecule has 0 aliphatic carbocycles. The molecular formula is C13H17NO4. The van der Waals surface area contributed by atoms with E-state index in [0.29, 0.717) is 5.69 Å². The number of rotatable bonds is 6. The number of carboxylic acids is 1. The topological polar surface area (TPSA) is 75.6 Å². The molecule has 0 aromatic heterocycles. The Morgan fingerprint density at radius 3 is 2.44 bits per heavy atom. The zero-order valence-corrected chi connectivity index (χ0v) is 10.5. The minimum absolute atomic E-state index is 0.0111. The van der Waals surface area contributed by atoms with E-state index in [1.54, 1.807) is 12.1 Å². The van der Waals surface area contributed by atoms with Crippen LogP contribution in [0.3, 0.4) is 0 Å². The Morgan fingerprint density at radius 1 is 1.33 bits per heavy atom. The maximum atomic E-state index is 11.3. The van der Waals surface area contributed by atoms with Gasteiger partial charge in [0.25, 0.3) is 0 Å². The number of hydrogen-bond acceptors (Lipinski definition) is 3. The van der Waals surface area contributed by atoms with Crippen LogP contribution in [-0.4, -0.2) is 30.7 Å². The first-order valence-electron chi connectivity index (χ1n) is 5.63. The maximum absolute atomic E-state index is 11.3. The predicted molar refractivity (Wildman–Crippen MR) is 67.6 cm³/mol. The van der Waals surface area contributed by atoms with Crippen LogP contribution in [0.2, 0.25) is 0 Å². The molecule has 0 fully saturated rings. The van der Waals surface area contributed by atoms with E-state index in [4.69, 9.17) is 9.84 Å². The summed E-state index contributed by atoms with van der Waals surface area (Å²) in [6.45, 7) is 1.86. The molecule has 2 N–H and O–H groups in total. The Morgan fingerprint density at radius 2 is 1.94 bits per heavy atom. The van der Waals surface area contributed by atoms with E-state index in [0.717, 1.165) is 5.56 Å². The minimum atomic E-state index is -0.819. The summed E-state index contributed by atoms with van der Waals surface area (Å²) in [5, 5.41) is 11.4. The average molecular weight is 251 g/mol. The van der Waals surface area contributed by atoms with Crippen molar-refractivity contribution < 1.29 is 19.4 Å². The van der Waals surface area contributed by atoms with Gasteiger partial charge in [0.05, 0.1) is 6.42 Å². The summed E-state index contributed by atoms with van der Waals surface area (Å²) in [4.78, 5) is 21.9. The van der Waals surface area contributed by atoms with E-state index in [1.165, 1.54) is 7.11 Å². The lowest BCUT2D eigenvalue weighted by Crippen LogP contribution is -2.17. The molecule has 1 atom stereocenters. The number of methoxy groups -OCH3 is 1. The fraction of sp³-hybridized carbons (Fsp3) is 0.385. The van der Waals surface area contributed by atoms with Gasteiger partial charge in [-0.15, -0.1) is 0 Å². The molecule has 1 rings (SSSR count). The van der Waals surface area contributed by atoms with E-state index in [2.05, 4.69) is 5.32 Å². The Balaban J connectivity index is 2.62. The van der Waals surface area contributed by atoms with E-state index < -0.39 is 5.97 Å². The molecule has 1 aromatic rings. The summed E-state index contributed by atoms with van der Waals surface area (Å²) in [5.74, 6) is -1.09. The molecule has 0 aliphatic heterocycles. The molecule has 18 heavy (non-hydrogen) atoms. The molecular weight excluding hydrogens is 234 g/mol. The number of nitrogens with one attached hydrogen (secondary N) is 1. The van der Waals surface area contributed by atoms with E-state index >= 15 is 0 Å². The number of anilines is 1. The molecule has 98 valence electrons. The number of carboxylic acid groups (broad SMARTS) is 1. The van der Waals surface area contributed by atoms with Gasteiger partial charge in [-0.25, -0.2) is 0 Å². The van der Waals surface area contributed by atoms with Crippen LogP contribution in [0.15, 0.2) is 24.3 Å². The Labute approximate surface area is 106 Å². The van der Waals surface area contributed by atoms with Gasteiger partial charge in [0.2, 0.25) is 5.91 Å². The zero-order chi connectivity index (χ0) is 13.5. The second-order valence-electron chi connectivity index (χ2n) is 4.10. The third-order valence-corrected chi connectivity index (χ3v) is 2.52. The van der Waals surface area contributed by atoms with Crippen LogP contribution in [0.25, 0.3) is 0 Å². The molecule has 5 nitrogen and oxygen atoms in total. The number of amides is 1. The standard InChI is InChI=1S/C13H17NO4/c1-9(7-13(16)17)10-3-5-11(6-4-10)14-12(15)8-18-2/h3-6,9H,7-8H2,1-2H3,(H,14,15)(H,16,17). The van der Waals surface area contributed by atoms with Gasteiger partial charge in [0.1, 0.15) is 6.61 Å². The van der Waals surface area contributed by atoms with Gasteiger partial charge in [-0.05, 0) is 23.6 Å². The number of aliphatic carboxylic acids is 1. The van der Waals surface area contributed by atoms with Gasteiger partial charge >= 0.3 is 5.97 Å². The zero-order valence-electron chi connectivity index (χ0n) is 10.5. The second-order valence-corrected chi connectivity index (χ2v) is 4.10. The van der Waals surface area contributed by atoms with Crippen molar-refractivity contribution in [2.45, 2.75) is 19.3 Å². The van der Waals surface area contributed by atoms with Crippen LogP contribution >= 0.6 is 0 Å². The molecule has 0 aliphatic rings. The van der Waals surface area contributed by atoms with Crippen molar-refractivity contribution in [3.63, 3.8) is 0 Å². The Hall–Kier alpha value is -1.88. The molecule has 0 spiro atoms. The lowest BCUT2D eigenvalue weighted by atomic mass is 9.98. The summed E-state index contributed by atoms with van der Waals surface area (Å²) < 4.78 is 4.70. The monoisotopic (exact) mass is 251 g/mol. The van der Waals surface area contributed by atoms with Gasteiger partial charge in [-0.3, -0.25) is 9.59 Å². The van der Waals surface area contributed by atoms with E-state index in [9.17, 15) is 9.59 Å². The molecule has 1 aromatic carbocycles. The first-order chi connectivity index (χ1) is 8.52. The third kappa shape index (κ3) is 4.55. The highest BCUT2D eigenvalue weighted by Gasteiger charge is 2.10. The van der Waals surface area contributed by atoms with Crippen molar-refractivity contribution in [2.75, 3.05) is 19.0 Å². The quantitative estimate of drug-likeness (QED) is 0.809. The molecule has 0 saturated heterocycles. The number of carbonyl (C=O) groups is 2. The molecule has 1 amide bonds.